The third kappa shape index (κ3) is 5.60. The third-order valence-corrected chi connectivity index (χ3v) is 2.04. The van der Waals surface area contributed by atoms with Crippen molar-refractivity contribution in [1.29, 1.82) is 0 Å². The maximum absolute atomic E-state index is 12.9. The van der Waals surface area contributed by atoms with Crippen molar-refractivity contribution in [3.05, 3.63) is 54.3 Å². The van der Waals surface area contributed by atoms with Crippen molar-refractivity contribution in [2.24, 2.45) is 0 Å². The van der Waals surface area contributed by atoms with E-state index in [1.807, 2.05) is 30.3 Å². The molecule has 0 heterocycles. The van der Waals surface area contributed by atoms with E-state index in [1.54, 1.807) is 0 Å². The summed E-state index contributed by atoms with van der Waals surface area (Å²) >= 11 is 0. The van der Waals surface area contributed by atoms with Gasteiger partial charge >= 0.3 is 21.7 Å². The van der Waals surface area contributed by atoms with Gasteiger partial charge in [-0.25, -0.2) is 4.39 Å². The van der Waals surface area contributed by atoms with Crippen LogP contribution in [0.4, 0.5) is 4.39 Å². The van der Waals surface area contributed by atoms with Gasteiger partial charge in [0.15, 0.2) is 0 Å². The molecule has 0 unspecified atom stereocenters. The number of phenols is 1. The molecule has 2 aromatic rings. The van der Waals surface area contributed by atoms with E-state index in [0.717, 1.165) is 5.56 Å². The van der Waals surface area contributed by atoms with Crippen LogP contribution >= 0.6 is 0 Å². The van der Waals surface area contributed by atoms with E-state index < -0.39 is 0 Å². The molecule has 0 fully saturated rings. The van der Waals surface area contributed by atoms with Crippen molar-refractivity contribution in [1.82, 2.24) is 0 Å². The van der Waals surface area contributed by atoms with Crippen LogP contribution in [-0.2, 0) is 21.7 Å². The van der Waals surface area contributed by atoms with Crippen LogP contribution in [0.2, 0.25) is 0 Å². The minimum atomic E-state index is -0.346. The molecule has 0 saturated heterocycles. The van der Waals surface area contributed by atoms with Crippen LogP contribution in [0.3, 0.4) is 0 Å². The number of hydrogen-bond acceptors (Lipinski definition) is 1. The average molecular weight is 342 g/mol. The summed E-state index contributed by atoms with van der Waals surface area (Å²) in [5.41, 5.74) is 1.33. The van der Waals surface area contributed by atoms with Crippen LogP contribution in [-0.4, -0.2) is 5.11 Å². The van der Waals surface area contributed by atoms with E-state index in [4.69, 9.17) is 0 Å². The molecule has 0 saturated carbocycles. The van der Waals surface area contributed by atoms with E-state index in [9.17, 15) is 9.50 Å². The second kappa shape index (κ2) is 10.7. The summed E-state index contributed by atoms with van der Waals surface area (Å²) in [7, 11) is 0. The Bertz CT molecular complexity index is 454. The summed E-state index contributed by atoms with van der Waals surface area (Å²) in [6.45, 7) is 0. The molecule has 0 atom stereocenters. The monoisotopic (exact) mass is 341 g/mol. The van der Waals surface area contributed by atoms with Crippen LogP contribution in [0.25, 0.3) is 11.1 Å². The molecule has 0 aliphatic carbocycles. The molecule has 18 heavy (non-hydrogen) atoms. The Labute approximate surface area is 139 Å². The number of phenolic OH excluding ortho intramolecular Hbond substituents is 1. The zero-order valence-corrected chi connectivity index (χ0v) is 12.9. The van der Waals surface area contributed by atoms with Gasteiger partial charge in [-0.2, -0.15) is 0 Å². The Kier molecular flexibility index (Phi) is 13.6. The molecule has 2 aromatic carbocycles. The molecule has 95 valence electrons. The SMILES string of the molecule is Oc1ccc(F)cc1-c1ccccc1.[Cl-].[Cl-].[Cl-].[Ti+3]. The Hall–Kier alpha value is -0.246. The minimum absolute atomic E-state index is 0. The van der Waals surface area contributed by atoms with E-state index in [0.29, 0.717) is 5.56 Å². The molecule has 0 aliphatic heterocycles. The average Bonchev–Trinajstić information content (AvgIpc) is 2.23. The first-order chi connectivity index (χ1) is 6.77. The molecule has 1 nitrogen and oxygen atoms in total. The summed E-state index contributed by atoms with van der Waals surface area (Å²) in [5, 5.41) is 9.52. The normalized spacial score (nSPS) is 7.83. The molecule has 0 aliphatic rings. The van der Waals surface area contributed by atoms with Gasteiger partial charge in [-0.05, 0) is 23.8 Å². The quantitative estimate of drug-likeness (QED) is 0.512. The van der Waals surface area contributed by atoms with Crippen LogP contribution in [0.5, 0.6) is 5.75 Å². The first-order valence-electron chi connectivity index (χ1n) is 4.31. The van der Waals surface area contributed by atoms with Crippen molar-refractivity contribution in [2.45, 2.75) is 0 Å². The Balaban J connectivity index is -0.000000562. The van der Waals surface area contributed by atoms with E-state index in [-0.39, 0.29) is 70.5 Å². The van der Waals surface area contributed by atoms with Gasteiger partial charge in [0.25, 0.3) is 0 Å². The predicted molar refractivity (Wildman–Crippen MR) is 53.5 cm³/mol. The first-order valence-corrected chi connectivity index (χ1v) is 4.31. The van der Waals surface area contributed by atoms with Gasteiger partial charge in [-0.15, -0.1) is 0 Å². The maximum Gasteiger partial charge on any atom is 3.00 e. The van der Waals surface area contributed by atoms with Crippen molar-refractivity contribution in [3.63, 3.8) is 0 Å². The third-order valence-electron chi connectivity index (χ3n) is 2.04. The summed E-state index contributed by atoms with van der Waals surface area (Å²) < 4.78 is 12.9. The molecule has 0 spiro atoms. The number of hydrogen-bond donors (Lipinski definition) is 1. The van der Waals surface area contributed by atoms with Crippen LogP contribution in [0, 0.1) is 5.82 Å². The molecule has 6 heteroatoms. The Morgan fingerprint density at radius 2 is 1.39 bits per heavy atom. The molecule has 0 amide bonds. The number of benzene rings is 2. The second-order valence-corrected chi connectivity index (χ2v) is 3.03. The largest absolute Gasteiger partial charge is 3.00 e. The van der Waals surface area contributed by atoms with Gasteiger partial charge in [0, 0.05) is 5.56 Å². The van der Waals surface area contributed by atoms with Crippen LogP contribution in [0.15, 0.2) is 48.5 Å². The number of rotatable bonds is 1. The molecule has 1 radical (unpaired) electrons. The number of halogens is 4. The Morgan fingerprint density at radius 1 is 0.833 bits per heavy atom. The summed E-state index contributed by atoms with van der Waals surface area (Å²) in [5.74, 6) is -0.251. The topological polar surface area (TPSA) is 20.2 Å². The standard InChI is InChI=1S/C12H9FO.3ClH.Ti/c13-10-6-7-12(14)11(8-10)9-4-2-1-3-5-9;;;;/h1-8,14H;3*1H;/q;;;;+3/p-3. The van der Waals surface area contributed by atoms with Gasteiger partial charge in [0.05, 0.1) is 0 Å². The smallest absolute Gasteiger partial charge is 1.00 e. The fraction of sp³-hybridized carbons (Fsp3) is 0. The molecule has 2 rings (SSSR count). The van der Waals surface area contributed by atoms with Crippen LogP contribution < -0.4 is 37.2 Å². The van der Waals surface area contributed by atoms with E-state index >= 15 is 0 Å². The summed E-state index contributed by atoms with van der Waals surface area (Å²) in [6.07, 6.45) is 0. The van der Waals surface area contributed by atoms with Gasteiger partial charge in [0.2, 0.25) is 0 Å². The van der Waals surface area contributed by atoms with Crippen molar-refractivity contribution >= 4 is 0 Å². The fourth-order valence-electron chi connectivity index (χ4n) is 1.36. The van der Waals surface area contributed by atoms with Gasteiger partial charge < -0.3 is 42.3 Å². The molecular weight excluding hydrogens is 333 g/mol. The van der Waals surface area contributed by atoms with Crippen LogP contribution in [0.1, 0.15) is 0 Å². The van der Waals surface area contributed by atoms with Gasteiger partial charge in [-0.1, -0.05) is 30.3 Å². The van der Waals surface area contributed by atoms with Gasteiger partial charge in [0.1, 0.15) is 11.6 Å². The first kappa shape index (κ1) is 22.9. The van der Waals surface area contributed by atoms with Crippen molar-refractivity contribution in [2.75, 3.05) is 0 Å². The van der Waals surface area contributed by atoms with Crippen molar-refractivity contribution < 1.29 is 68.4 Å². The zero-order valence-electron chi connectivity index (χ0n) is 9.08. The predicted octanol–water partition coefficient (Wildman–Crippen LogP) is -5.79. The van der Waals surface area contributed by atoms with Crippen molar-refractivity contribution in [3.8, 4) is 16.9 Å². The molecule has 0 bridgehead atoms. The summed E-state index contributed by atoms with van der Waals surface area (Å²) in [4.78, 5) is 0. The molecule has 0 aromatic heterocycles. The number of aromatic hydroxyl groups is 1. The fourth-order valence-corrected chi connectivity index (χ4v) is 1.36. The molecular formula is C12H9Cl3FOTi. The second-order valence-electron chi connectivity index (χ2n) is 3.03. The minimum Gasteiger partial charge on any atom is -1.00 e. The zero-order chi connectivity index (χ0) is 9.97. The Morgan fingerprint density at radius 3 is 1.94 bits per heavy atom. The summed E-state index contributed by atoms with van der Waals surface area (Å²) in [6, 6.07) is 13.1. The molecule has 1 N–H and O–H groups in total. The van der Waals surface area contributed by atoms with E-state index in [2.05, 4.69) is 0 Å². The maximum atomic E-state index is 12.9. The van der Waals surface area contributed by atoms with E-state index in [1.165, 1.54) is 18.2 Å². The van der Waals surface area contributed by atoms with Gasteiger partial charge in [-0.3, -0.25) is 0 Å².